The van der Waals surface area contributed by atoms with Gasteiger partial charge in [0.1, 0.15) is 29.3 Å². The van der Waals surface area contributed by atoms with Crippen LogP contribution in [0.25, 0.3) is 0 Å². The van der Waals surface area contributed by atoms with Gasteiger partial charge in [-0.1, -0.05) is 12.5 Å². The molecule has 1 aromatic carbocycles. The van der Waals surface area contributed by atoms with E-state index in [0.717, 1.165) is 61.6 Å². The molecule has 1 atom stereocenters. The van der Waals surface area contributed by atoms with Crippen LogP contribution in [-0.4, -0.2) is 53.6 Å². The molecule has 0 aliphatic carbocycles. The molecule has 3 rings (SSSR count). The van der Waals surface area contributed by atoms with Crippen LogP contribution in [0.15, 0.2) is 29.3 Å². The first-order chi connectivity index (χ1) is 14.7. The zero-order chi connectivity index (χ0) is 21.2. The number of ether oxygens (including phenoxy) is 2. The molecule has 0 saturated carbocycles. The van der Waals surface area contributed by atoms with Gasteiger partial charge in [-0.25, -0.2) is 4.99 Å². The third-order valence-electron chi connectivity index (χ3n) is 5.06. The summed E-state index contributed by atoms with van der Waals surface area (Å²) in [5, 5.41) is 15.5. The summed E-state index contributed by atoms with van der Waals surface area (Å²) in [5.41, 5.74) is 0. The van der Waals surface area contributed by atoms with Crippen molar-refractivity contribution >= 4 is 29.9 Å². The minimum absolute atomic E-state index is 0. The second-order valence-electron chi connectivity index (χ2n) is 7.50. The van der Waals surface area contributed by atoms with Gasteiger partial charge in [0.25, 0.3) is 0 Å². The third-order valence-corrected chi connectivity index (χ3v) is 5.06. The number of aromatic nitrogens is 3. The Morgan fingerprint density at radius 1 is 1.19 bits per heavy atom. The smallest absolute Gasteiger partial charge is 0.191 e. The fraction of sp³-hybridized carbons (Fsp3) is 0.591. The molecular formula is C22H35IN6O2. The van der Waals surface area contributed by atoms with Crippen LogP contribution >= 0.6 is 24.0 Å². The standard InChI is InChI=1S/C22H34N6O2.HI/c1-4-23-22(25-16-17(2)30-19-10-8-9-18(15-19)29-3)24-13-12-21-27-26-20-11-6-5-7-14-28(20)21;/h8-10,15,17H,4-7,11-14,16H2,1-3H3,(H2,23,24,25);1H. The number of hydrogen-bond donors (Lipinski definition) is 2. The highest BCUT2D eigenvalue weighted by atomic mass is 127. The van der Waals surface area contributed by atoms with Crippen molar-refractivity contribution in [2.75, 3.05) is 26.7 Å². The Balaban J connectivity index is 0.00000341. The Kier molecular flexibility index (Phi) is 10.9. The Labute approximate surface area is 202 Å². The molecule has 9 heteroatoms. The van der Waals surface area contributed by atoms with E-state index in [1.807, 2.05) is 31.2 Å². The maximum Gasteiger partial charge on any atom is 0.191 e. The molecular weight excluding hydrogens is 507 g/mol. The predicted octanol–water partition coefficient (Wildman–Crippen LogP) is 3.20. The lowest BCUT2D eigenvalue weighted by molar-refractivity contribution is 0.229. The molecule has 0 radical (unpaired) electrons. The Bertz CT molecular complexity index is 826. The van der Waals surface area contributed by atoms with E-state index in [1.54, 1.807) is 7.11 Å². The molecule has 0 saturated heterocycles. The van der Waals surface area contributed by atoms with Crippen LogP contribution in [-0.2, 0) is 19.4 Å². The first-order valence-corrected chi connectivity index (χ1v) is 10.9. The Hall–Kier alpha value is -2.04. The number of benzene rings is 1. The van der Waals surface area contributed by atoms with E-state index >= 15 is 0 Å². The van der Waals surface area contributed by atoms with Crippen molar-refractivity contribution in [1.29, 1.82) is 0 Å². The van der Waals surface area contributed by atoms with E-state index in [0.29, 0.717) is 6.54 Å². The van der Waals surface area contributed by atoms with Gasteiger partial charge in [0.05, 0.1) is 13.7 Å². The monoisotopic (exact) mass is 542 g/mol. The lowest BCUT2D eigenvalue weighted by Crippen LogP contribution is -2.39. The van der Waals surface area contributed by atoms with Crippen molar-refractivity contribution in [2.45, 2.75) is 58.6 Å². The molecule has 0 spiro atoms. The minimum atomic E-state index is -0.0557. The quantitative estimate of drug-likeness (QED) is 0.288. The van der Waals surface area contributed by atoms with E-state index < -0.39 is 0 Å². The summed E-state index contributed by atoms with van der Waals surface area (Å²) in [4.78, 5) is 4.67. The highest BCUT2D eigenvalue weighted by molar-refractivity contribution is 14.0. The molecule has 1 unspecified atom stereocenters. The Morgan fingerprint density at radius 2 is 2.03 bits per heavy atom. The first-order valence-electron chi connectivity index (χ1n) is 10.9. The Morgan fingerprint density at radius 3 is 2.84 bits per heavy atom. The number of nitrogens with zero attached hydrogens (tertiary/aromatic N) is 4. The SMILES string of the molecule is CCNC(=NCC(C)Oc1cccc(OC)c1)NCCc1nnc2n1CCCCC2.I. The van der Waals surface area contributed by atoms with E-state index in [2.05, 4.69) is 37.3 Å². The van der Waals surface area contributed by atoms with Gasteiger partial charge in [0.15, 0.2) is 5.96 Å². The molecule has 172 valence electrons. The number of guanidine groups is 1. The zero-order valence-electron chi connectivity index (χ0n) is 18.8. The number of aryl methyl sites for hydroxylation is 1. The van der Waals surface area contributed by atoms with Crippen molar-refractivity contribution in [3.8, 4) is 11.5 Å². The van der Waals surface area contributed by atoms with Crippen molar-refractivity contribution in [3.63, 3.8) is 0 Å². The maximum absolute atomic E-state index is 5.96. The average molecular weight is 542 g/mol. The summed E-state index contributed by atoms with van der Waals surface area (Å²) in [6.45, 7) is 7.22. The van der Waals surface area contributed by atoms with Crippen molar-refractivity contribution < 1.29 is 9.47 Å². The molecule has 0 fully saturated rings. The molecule has 8 nitrogen and oxygen atoms in total. The van der Waals surface area contributed by atoms with Gasteiger partial charge < -0.3 is 24.7 Å². The summed E-state index contributed by atoms with van der Waals surface area (Å²) >= 11 is 0. The van der Waals surface area contributed by atoms with Crippen LogP contribution in [0.1, 0.15) is 44.8 Å². The van der Waals surface area contributed by atoms with Gasteiger partial charge in [-0.15, -0.1) is 34.2 Å². The fourth-order valence-electron chi connectivity index (χ4n) is 3.53. The lowest BCUT2D eigenvalue weighted by atomic mass is 10.2. The van der Waals surface area contributed by atoms with Crippen LogP contribution in [0, 0.1) is 0 Å². The fourth-order valence-corrected chi connectivity index (χ4v) is 3.53. The van der Waals surface area contributed by atoms with Crippen molar-refractivity contribution in [3.05, 3.63) is 35.9 Å². The summed E-state index contributed by atoms with van der Waals surface area (Å²) in [6, 6.07) is 7.62. The lowest BCUT2D eigenvalue weighted by Gasteiger charge is -2.15. The second kappa shape index (κ2) is 13.4. The van der Waals surface area contributed by atoms with Crippen LogP contribution in [0.2, 0.25) is 0 Å². The average Bonchev–Trinajstić information content (AvgIpc) is 2.98. The molecule has 1 aromatic heterocycles. The van der Waals surface area contributed by atoms with Gasteiger partial charge in [0.2, 0.25) is 0 Å². The minimum Gasteiger partial charge on any atom is -0.497 e. The molecule has 31 heavy (non-hydrogen) atoms. The predicted molar refractivity (Wildman–Crippen MR) is 134 cm³/mol. The molecule has 1 aliphatic rings. The topological polar surface area (TPSA) is 85.6 Å². The molecule has 0 amide bonds. The van der Waals surface area contributed by atoms with Crippen molar-refractivity contribution in [1.82, 2.24) is 25.4 Å². The first kappa shape index (κ1) is 25.2. The number of halogens is 1. The summed E-state index contributed by atoms with van der Waals surface area (Å²) in [7, 11) is 1.65. The van der Waals surface area contributed by atoms with E-state index in [4.69, 9.17) is 9.47 Å². The number of methoxy groups -OCH3 is 1. The van der Waals surface area contributed by atoms with E-state index in [9.17, 15) is 0 Å². The number of hydrogen-bond acceptors (Lipinski definition) is 5. The number of fused-ring (bicyclic) bond motifs is 1. The number of rotatable bonds is 9. The number of aliphatic imine (C=N–C) groups is 1. The zero-order valence-corrected chi connectivity index (χ0v) is 21.1. The van der Waals surface area contributed by atoms with Crippen LogP contribution in [0.4, 0.5) is 0 Å². The van der Waals surface area contributed by atoms with Gasteiger partial charge in [0, 0.05) is 38.5 Å². The van der Waals surface area contributed by atoms with Crippen LogP contribution < -0.4 is 20.1 Å². The van der Waals surface area contributed by atoms with Gasteiger partial charge in [-0.3, -0.25) is 0 Å². The largest absolute Gasteiger partial charge is 0.497 e. The normalized spacial score (nSPS) is 14.6. The molecule has 0 bridgehead atoms. The third kappa shape index (κ3) is 7.86. The second-order valence-corrected chi connectivity index (χ2v) is 7.50. The van der Waals surface area contributed by atoms with Crippen molar-refractivity contribution in [2.24, 2.45) is 4.99 Å². The van der Waals surface area contributed by atoms with E-state index in [1.165, 1.54) is 19.3 Å². The molecule has 1 aliphatic heterocycles. The molecule has 2 heterocycles. The van der Waals surface area contributed by atoms with Gasteiger partial charge in [-0.05, 0) is 38.8 Å². The molecule has 2 aromatic rings. The maximum atomic E-state index is 5.96. The van der Waals surface area contributed by atoms with Crippen LogP contribution in [0.5, 0.6) is 11.5 Å². The van der Waals surface area contributed by atoms with E-state index in [-0.39, 0.29) is 30.1 Å². The van der Waals surface area contributed by atoms with Gasteiger partial charge >= 0.3 is 0 Å². The highest BCUT2D eigenvalue weighted by Crippen LogP contribution is 2.20. The summed E-state index contributed by atoms with van der Waals surface area (Å²) < 4.78 is 13.5. The van der Waals surface area contributed by atoms with Crippen LogP contribution in [0.3, 0.4) is 0 Å². The van der Waals surface area contributed by atoms with Gasteiger partial charge in [-0.2, -0.15) is 0 Å². The number of nitrogens with one attached hydrogen (secondary N) is 2. The summed E-state index contributed by atoms with van der Waals surface area (Å²) in [5.74, 6) is 4.54. The summed E-state index contributed by atoms with van der Waals surface area (Å²) in [6.07, 6.45) is 5.50. The molecule has 2 N–H and O–H groups in total. The highest BCUT2D eigenvalue weighted by Gasteiger charge is 2.14.